The number of anilines is 1. The van der Waals surface area contributed by atoms with Gasteiger partial charge in [0.1, 0.15) is 5.82 Å². The van der Waals surface area contributed by atoms with E-state index in [0.29, 0.717) is 17.9 Å². The molecular weight excluding hydrogens is 297 g/mol. The molecule has 0 saturated heterocycles. The summed E-state index contributed by atoms with van der Waals surface area (Å²) in [5.41, 5.74) is 1.45. The molecule has 0 aliphatic rings. The number of hydrogen-bond donors (Lipinski definition) is 1. The summed E-state index contributed by atoms with van der Waals surface area (Å²) in [5, 5.41) is 2.74. The summed E-state index contributed by atoms with van der Waals surface area (Å²) in [4.78, 5) is 8.32. The number of nitrogens with one attached hydrogen (secondary N) is 1. The fourth-order valence-corrected chi connectivity index (χ4v) is 1.91. The Balaban J connectivity index is 2.29. The highest BCUT2D eigenvalue weighted by Gasteiger charge is 2.10. The molecule has 1 heterocycles. The van der Waals surface area contributed by atoms with Crippen LogP contribution < -0.4 is 5.32 Å². The standard InChI is InChI=1S/C13H13BrFN3/c1-8-12(15)13(16-2)18-11(17-8)7-9-3-5-10(14)6-4-9/h3-6H,7H2,1-2H3,(H,16,17,18). The summed E-state index contributed by atoms with van der Waals surface area (Å²) in [5.74, 6) is 0.465. The number of hydrogen-bond acceptors (Lipinski definition) is 3. The maximum atomic E-state index is 13.6. The predicted molar refractivity (Wildman–Crippen MR) is 73.2 cm³/mol. The van der Waals surface area contributed by atoms with Gasteiger partial charge >= 0.3 is 0 Å². The van der Waals surface area contributed by atoms with E-state index in [1.54, 1.807) is 14.0 Å². The van der Waals surface area contributed by atoms with Crippen LogP contribution in [-0.2, 0) is 6.42 Å². The van der Waals surface area contributed by atoms with E-state index in [4.69, 9.17) is 0 Å². The topological polar surface area (TPSA) is 37.8 Å². The lowest BCUT2D eigenvalue weighted by Crippen LogP contribution is -2.06. The highest BCUT2D eigenvalue weighted by atomic mass is 79.9. The van der Waals surface area contributed by atoms with Gasteiger partial charge in [-0.25, -0.2) is 14.4 Å². The maximum absolute atomic E-state index is 13.6. The second kappa shape index (κ2) is 5.44. The minimum atomic E-state index is -0.392. The average Bonchev–Trinajstić information content (AvgIpc) is 2.36. The van der Waals surface area contributed by atoms with Gasteiger partial charge in [0.25, 0.3) is 0 Å². The van der Waals surface area contributed by atoms with Crippen molar-refractivity contribution in [2.45, 2.75) is 13.3 Å². The third kappa shape index (κ3) is 2.85. The molecule has 94 valence electrons. The minimum Gasteiger partial charge on any atom is -0.371 e. The van der Waals surface area contributed by atoms with Gasteiger partial charge in [-0.05, 0) is 24.6 Å². The SMILES string of the molecule is CNc1nc(Cc2ccc(Br)cc2)nc(C)c1F. The van der Waals surface area contributed by atoms with Crippen molar-refractivity contribution < 1.29 is 4.39 Å². The fourth-order valence-electron chi connectivity index (χ4n) is 1.65. The van der Waals surface area contributed by atoms with E-state index in [1.807, 2.05) is 24.3 Å². The van der Waals surface area contributed by atoms with Crippen molar-refractivity contribution in [1.82, 2.24) is 9.97 Å². The maximum Gasteiger partial charge on any atom is 0.186 e. The summed E-state index contributed by atoms with van der Waals surface area (Å²) in [6.07, 6.45) is 0.586. The van der Waals surface area contributed by atoms with E-state index in [-0.39, 0.29) is 5.82 Å². The van der Waals surface area contributed by atoms with Crippen LogP contribution in [0.5, 0.6) is 0 Å². The molecule has 1 N–H and O–H groups in total. The van der Waals surface area contributed by atoms with Crippen molar-refractivity contribution in [2.24, 2.45) is 0 Å². The Labute approximate surface area is 114 Å². The van der Waals surface area contributed by atoms with Crippen molar-refractivity contribution in [3.63, 3.8) is 0 Å². The zero-order chi connectivity index (χ0) is 13.1. The Bertz CT molecular complexity index is 555. The molecule has 0 radical (unpaired) electrons. The van der Waals surface area contributed by atoms with E-state index in [0.717, 1.165) is 10.0 Å². The van der Waals surface area contributed by atoms with Gasteiger partial charge in [-0.3, -0.25) is 0 Å². The zero-order valence-corrected chi connectivity index (χ0v) is 11.8. The Hall–Kier alpha value is -1.49. The Morgan fingerprint density at radius 3 is 2.50 bits per heavy atom. The molecular formula is C13H13BrFN3. The predicted octanol–water partition coefficient (Wildman–Crippen LogP) is 3.32. The molecule has 1 aromatic carbocycles. The first kappa shape index (κ1) is 13.0. The Morgan fingerprint density at radius 2 is 1.89 bits per heavy atom. The van der Waals surface area contributed by atoms with Gasteiger partial charge in [0.15, 0.2) is 11.6 Å². The van der Waals surface area contributed by atoms with E-state index >= 15 is 0 Å². The van der Waals surface area contributed by atoms with Crippen LogP contribution in [0.2, 0.25) is 0 Å². The quantitative estimate of drug-likeness (QED) is 0.945. The lowest BCUT2D eigenvalue weighted by Gasteiger charge is -2.07. The number of rotatable bonds is 3. The van der Waals surface area contributed by atoms with Crippen LogP contribution in [0.3, 0.4) is 0 Å². The molecule has 18 heavy (non-hydrogen) atoms. The van der Waals surface area contributed by atoms with Crippen molar-refractivity contribution in [1.29, 1.82) is 0 Å². The molecule has 0 unspecified atom stereocenters. The largest absolute Gasteiger partial charge is 0.371 e. The van der Waals surface area contributed by atoms with Crippen molar-refractivity contribution >= 4 is 21.7 Å². The van der Waals surface area contributed by atoms with Gasteiger partial charge in [-0.15, -0.1) is 0 Å². The lowest BCUT2D eigenvalue weighted by atomic mass is 10.1. The monoisotopic (exact) mass is 309 g/mol. The number of benzene rings is 1. The van der Waals surface area contributed by atoms with Crippen molar-refractivity contribution in [3.8, 4) is 0 Å². The molecule has 0 aliphatic carbocycles. The Morgan fingerprint density at radius 1 is 1.22 bits per heavy atom. The normalized spacial score (nSPS) is 10.4. The van der Waals surface area contributed by atoms with E-state index in [1.165, 1.54) is 0 Å². The first-order valence-electron chi connectivity index (χ1n) is 5.55. The van der Waals surface area contributed by atoms with Crippen LogP contribution in [-0.4, -0.2) is 17.0 Å². The molecule has 2 aromatic rings. The summed E-state index contributed by atoms with van der Waals surface area (Å²) in [6.45, 7) is 1.64. The van der Waals surface area contributed by atoms with Crippen molar-refractivity contribution in [3.05, 3.63) is 51.6 Å². The van der Waals surface area contributed by atoms with E-state index < -0.39 is 5.82 Å². The Kier molecular flexibility index (Phi) is 3.91. The van der Waals surface area contributed by atoms with Gasteiger partial charge in [0.05, 0.1) is 5.69 Å². The van der Waals surface area contributed by atoms with Gasteiger partial charge in [-0.2, -0.15) is 0 Å². The molecule has 0 amide bonds. The second-order valence-corrected chi connectivity index (χ2v) is 4.86. The van der Waals surface area contributed by atoms with Crippen LogP contribution >= 0.6 is 15.9 Å². The molecule has 1 aromatic heterocycles. The molecule has 0 fully saturated rings. The molecule has 2 rings (SSSR count). The number of halogens is 2. The highest BCUT2D eigenvalue weighted by molar-refractivity contribution is 9.10. The summed E-state index contributed by atoms with van der Waals surface area (Å²) in [6, 6.07) is 7.91. The van der Waals surface area contributed by atoms with E-state index in [9.17, 15) is 4.39 Å². The molecule has 0 aliphatic heterocycles. The molecule has 0 spiro atoms. The van der Waals surface area contributed by atoms with Crippen LogP contribution in [0.25, 0.3) is 0 Å². The number of aryl methyl sites for hydroxylation is 1. The summed E-state index contributed by atoms with van der Waals surface area (Å²) < 4.78 is 14.6. The third-order valence-corrected chi connectivity index (χ3v) is 3.10. The van der Waals surface area contributed by atoms with Gasteiger partial charge < -0.3 is 5.32 Å². The fraction of sp³-hybridized carbons (Fsp3) is 0.231. The molecule has 0 bridgehead atoms. The van der Waals surface area contributed by atoms with Crippen LogP contribution in [0.15, 0.2) is 28.7 Å². The smallest absolute Gasteiger partial charge is 0.186 e. The summed E-state index contributed by atoms with van der Waals surface area (Å²) in [7, 11) is 1.65. The minimum absolute atomic E-state index is 0.245. The molecule has 5 heteroatoms. The molecule has 0 saturated carbocycles. The summed E-state index contributed by atoms with van der Waals surface area (Å²) >= 11 is 3.38. The average molecular weight is 310 g/mol. The highest BCUT2D eigenvalue weighted by Crippen LogP contribution is 2.16. The lowest BCUT2D eigenvalue weighted by molar-refractivity contribution is 0.602. The van der Waals surface area contributed by atoms with Crippen LogP contribution in [0.4, 0.5) is 10.2 Å². The van der Waals surface area contributed by atoms with Gasteiger partial charge in [0, 0.05) is 17.9 Å². The van der Waals surface area contributed by atoms with Crippen LogP contribution in [0, 0.1) is 12.7 Å². The zero-order valence-electron chi connectivity index (χ0n) is 10.2. The molecule has 3 nitrogen and oxygen atoms in total. The second-order valence-electron chi connectivity index (χ2n) is 3.94. The first-order valence-corrected chi connectivity index (χ1v) is 6.34. The van der Waals surface area contributed by atoms with E-state index in [2.05, 4.69) is 31.2 Å². The third-order valence-electron chi connectivity index (χ3n) is 2.58. The number of aromatic nitrogens is 2. The number of nitrogens with zero attached hydrogens (tertiary/aromatic N) is 2. The molecule has 0 atom stereocenters. The first-order chi connectivity index (χ1) is 8.60. The van der Waals surface area contributed by atoms with Gasteiger partial charge in [-0.1, -0.05) is 28.1 Å². The van der Waals surface area contributed by atoms with Crippen molar-refractivity contribution in [2.75, 3.05) is 12.4 Å². The van der Waals surface area contributed by atoms with Crippen LogP contribution in [0.1, 0.15) is 17.1 Å². The van der Waals surface area contributed by atoms with Gasteiger partial charge in [0.2, 0.25) is 0 Å².